The van der Waals surface area contributed by atoms with Crippen molar-refractivity contribution in [3.8, 4) is 0 Å². The van der Waals surface area contributed by atoms with E-state index in [4.69, 9.17) is 14.2 Å². The molecule has 0 aromatic heterocycles. The number of carbonyl (C=O) groups is 3. The summed E-state index contributed by atoms with van der Waals surface area (Å²) in [6.45, 7) is 4.30. The predicted molar refractivity (Wildman–Crippen MR) is 251 cm³/mol. The Bertz CT molecular complexity index is 1480. The maximum atomic E-state index is 12.7. The summed E-state index contributed by atoms with van der Waals surface area (Å²) in [7, 11) is 5.46. The molecule has 0 radical (unpaired) electrons. The molecule has 2 unspecified atom stereocenters. The van der Waals surface area contributed by atoms with Gasteiger partial charge in [-0.3, -0.25) is 9.59 Å². The lowest BCUT2D eigenvalue weighted by Gasteiger charge is -2.31. The van der Waals surface area contributed by atoms with Crippen LogP contribution in [0.15, 0.2) is 146 Å². The van der Waals surface area contributed by atoms with E-state index in [0.717, 1.165) is 64.2 Å². The Morgan fingerprint density at radius 1 is 0.517 bits per heavy atom. The van der Waals surface area contributed by atoms with Gasteiger partial charge in [0.25, 0.3) is 0 Å². The number of likely N-dealkylation sites (N-methyl/N-ethyl adjacent to an activating group) is 1. The van der Waals surface area contributed by atoms with Gasteiger partial charge in [-0.1, -0.05) is 166 Å². The van der Waals surface area contributed by atoms with Crippen LogP contribution in [0.4, 0.5) is 0 Å². The average Bonchev–Trinajstić information content (AvgIpc) is 3.21. The van der Waals surface area contributed by atoms with Gasteiger partial charge < -0.3 is 23.8 Å². The number of carboxylic acids is 1. The van der Waals surface area contributed by atoms with E-state index in [0.29, 0.717) is 19.3 Å². The zero-order chi connectivity index (χ0) is 44.2. The van der Waals surface area contributed by atoms with Crippen LogP contribution in [0.1, 0.15) is 110 Å². The molecule has 1 N–H and O–H groups in total. The van der Waals surface area contributed by atoms with Crippen LogP contribution in [0.5, 0.6) is 0 Å². The van der Waals surface area contributed by atoms with Gasteiger partial charge in [-0.15, -0.1) is 0 Å². The second-order valence-electron chi connectivity index (χ2n) is 15.0. The summed E-state index contributed by atoms with van der Waals surface area (Å²) in [4.78, 5) is 37.0. The van der Waals surface area contributed by atoms with Crippen molar-refractivity contribution in [2.24, 2.45) is 0 Å². The molecule has 332 valence electrons. The molecule has 0 bridgehead atoms. The molecule has 0 saturated heterocycles. The number of rotatable bonds is 36. The normalized spacial score (nSPS) is 14.3. The van der Waals surface area contributed by atoms with Gasteiger partial charge in [0.05, 0.1) is 34.4 Å². The van der Waals surface area contributed by atoms with Crippen molar-refractivity contribution in [2.45, 2.75) is 122 Å². The molecule has 2 atom stereocenters. The second kappa shape index (κ2) is 41.0. The molecule has 0 aliphatic carbocycles. The minimum Gasteiger partial charge on any atom is -0.477 e. The van der Waals surface area contributed by atoms with Crippen molar-refractivity contribution >= 4 is 17.9 Å². The number of hydrogen-bond donors (Lipinski definition) is 1. The molecule has 0 aliphatic rings. The molecule has 0 aliphatic heterocycles. The number of unbranched alkanes of at least 4 members (excludes halogenated alkanes) is 3. The number of aliphatic carboxylic acids is 1. The quantitative estimate of drug-likeness (QED) is 0.0221. The highest BCUT2D eigenvalue weighted by Gasteiger charge is 2.31. The monoisotopic (exact) mass is 829 g/mol. The number of carboxylic acid groups (broad SMARTS) is 1. The number of nitrogens with zero attached hydrogens (tertiary/aromatic N) is 1. The highest BCUT2D eigenvalue weighted by atomic mass is 16.6. The minimum absolute atomic E-state index is 0.00708. The zero-order valence-corrected chi connectivity index (χ0v) is 37.6. The van der Waals surface area contributed by atoms with Crippen LogP contribution < -0.4 is 0 Å². The van der Waals surface area contributed by atoms with E-state index in [9.17, 15) is 19.5 Å². The first-order valence-corrected chi connectivity index (χ1v) is 22.0. The Balaban J connectivity index is 4.60. The fourth-order valence-electron chi connectivity index (χ4n) is 5.32. The molecular weight excluding hydrogens is 751 g/mol. The van der Waals surface area contributed by atoms with Crippen LogP contribution in [-0.2, 0) is 28.6 Å². The lowest BCUT2D eigenvalue weighted by molar-refractivity contribution is -0.887. The van der Waals surface area contributed by atoms with Crippen LogP contribution in [0.3, 0.4) is 0 Å². The van der Waals surface area contributed by atoms with Gasteiger partial charge in [-0.25, -0.2) is 4.79 Å². The van der Waals surface area contributed by atoms with Crippen molar-refractivity contribution in [2.75, 3.05) is 41.0 Å². The molecule has 0 fully saturated rings. The number of ether oxygens (including phenoxy) is 3. The second-order valence-corrected chi connectivity index (χ2v) is 15.0. The summed E-state index contributed by atoms with van der Waals surface area (Å²) in [5.74, 6) is -1.66. The van der Waals surface area contributed by atoms with Gasteiger partial charge in [0, 0.05) is 19.3 Å². The Morgan fingerprint density at radius 2 is 1.00 bits per heavy atom. The van der Waals surface area contributed by atoms with Crippen molar-refractivity contribution in [3.05, 3.63) is 146 Å². The molecule has 0 spiro atoms. The van der Waals surface area contributed by atoms with Gasteiger partial charge in [0.15, 0.2) is 12.1 Å². The maximum Gasteiger partial charge on any atom is 0.362 e. The molecule has 8 heteroatoms. The minimum atomic E-state index is -0.901. The van der Waals surface area contributed by atoms with Crippen LogP contribution >= 0.6 is 0 Å². The van der Waals surface area contributed by atoms with Crippen molar-refractivity contribution in [1.82, 2.24) is 0 Å². The molecule has 0 aromatic carbocycles. The molecule has 0 heterocycles. The van der Waals surface area contributed by atoms with Crippen LogP contribution in [0.25, 0.3) is 0 Å². The largest absolute Gasteiger partial charge is 0.477 e. The highest BCUT2D eigenvalue weighted by molar-refractivity contribution is 5.72. The van der Waals surface area contributed by atoms with Gasteiger partial charge in [-0.05, 0) is 70.6 Å². The van der Waals surface area contributed by atoms with E-state index in [1.54, 1.807) is 0 Å². The average molecular weight is 829 g/mol. The lowest BCUT2D eigenvalue weighted by atomic mass is 10.1. The zero-order valence-electron chi connectivity index (χ0n) is 37.6. The Hall–Kier alpha value is -4.79. The number of carbonyl (C=O) groups excluding carboxylic acids is 2. The fraction of sp³-hybridized carbons (Fsp3) is 0.481. The topological polar surface area (TPSA) is 99.1 Å². The van der Waals surface area contributed by atoms with E-state index in [1.807, 2.05) is 94.1 Å². The SMILES string of the molecule is CC/C=C/C=C/C=C/C=C/C=C/C=C/CCCCCC(=O)OC(COCCC(C(=O)O)[N+](C)(C)C)COC(=O)CC/C=C/C/C=C/C/C=C/C/C=C/C/C=C/C/C=C/CC. The predicted octanol–water partition coefficient (Wildman–Crippen LogP) is 12.2. The van der Waals surface area contributed by atoms with Crippen LogP contribution in [-0.4, -0.2) is 80.6 Å². The summed E-state index contributed by atoms with van der Waals surface area (Å²) >= 11 is 0. The van der Waals surface area contributed by atoms with E-state index in [-0.39, 0.29) is 49.1 Å². The number of hydrogen-bond acceptors (Lipinski definition) is 6. The number of esters is 2. The third-order valence-corrected chi connectivity index (χ3v) is 8.66. The summed E-state index contributed by atoms with van der Waals surface area (Å²) in [6.07, 6.45) is 60.5. The Kier molecular flexibility index (Phi) is 37.7. The van der Waals surface area contributed by atoms with Gasteiger partial charge in [0.2, 0.25) is 0 Å². The molecule has 0 saturated carbocycles. The fourth-order valence-corrected chi connectivity index (χ4v) is 5.32. The first kappa shape index (κ1) is 55.2. The van der Waals surface area contributed by atoms with Crippen molar-refractivity contribution in [1.29, 1.82) is 0 Å². The Labute approximate surface area is 364 Å². The summed E-state index contributed by atoms with van der Waals surface area (Å²) < 4.78 is 17.1. The molecule has 0 rings (SSSR count). The van der Waals surface area contributed by atoms with Gasteiger partial charge >= 0.3 is 17.9 Å². The summed E-state index contributed by atoms with van der Waals surface area (Å²) in [5, 5.41) is 9.62. The van der Waals surface area contributed by atoms with Crippen molar-refractivity contribution in [3.63, 3.8) is 0 Å². The first-order valence-electron chi connectivity index (χ1n) is 22.0. The molecule has 0 aromatic rings. The molecule has 60 heavy (non-hydrogen) atoms. The maximum absolute atomic E-state index is 12.7. The van der Waals surface area contributed by atoms with Gasteiger partial charge in [0.1, 0.15) is 6.61 Å². The van der Waals surface area contributed by atoms with Gasteiger partial charge in [-0.2, -0.15) is 0 Å². The third-order valence-electron chi connectivity index (χ3n) is 8.66. The summed E-state index contributed by atoms with van der Waals surface area (Å²) in [5.41, 5.74) is 0. The molecular formula is C52H78NO7+. The highest BCUT2D eigenvalue weighted by Crippen LogP contribution is 2.11. The van der Waals surface area contributed by atoms with E-state index in [1.165, 1.54) is 0 Å². The first-order chi connectivity index (χ1) is 29.1. The van der Waals surface area contributed by atoms with E-state index < -0.39 is 18.1 Å². The van der Waals surface area contributed by atoms with E-state index >= 15 is 0 Å². The number of quaternary nitrogens is 1. The summed E-state index contributed by atoms with van der Waals surface area (Å²) in [6, 6.07) is -0.645. The number of allylic oxidation sites excluding steroid dienone is 24. The van der Waals surface area contributed by atoms with Crippen LogP contribution in [0, 0.1) is 0 Å². The van der Waals surface area contributed by atoms with Crippen LogP contribution in [0.2, 0.25) is 0 Å². The standard InChI is InChI=1S/C52H77NO7/c1-6-8-10-12-14-16-18-20-22-24-25-27-28-30-32-34-36-38-40-42-50(54)59-47-48(46-58-45-44-49(52(56)57)53(3,4)5)60-51(55)43-41-39-37-35-33-31-29-26-23-21-19-17-15-13-11-9-7-2/h8-11,13-17,19-23,25-27,29-33,36,38,48-49H,6-7,12,18,24,28,34-35,37,39-47H2,1-5H3/p+1/b10-8+,11-9+,15-13+,16-14+,19-17+,22-20+,23-21+,27-25+,29-26+,32-30+,33-31+,38-36+. The molecule has 0 amide bonds. The molecule has 8 nitrogen and oxygen atoms in total. The lowest BCUT2D eigenvalue weighted by Crippen LogP contribution is -2.50. The smallest absolute Gasteiger partial charge is 0.362 e. The van der Waals surface area contributed by atoms with E-state index in [2.05, 4.69) is 86.8 Å². The third kappa shape index (κ3) is 38.7. The Morgan fingerprint density at radius 3 is 1.50 bits per heavy atom. The van der Waals surface area contributed by atoms with Crippen molar-refractivity contribution < 1.29 is 38.2 Å².